The van der Waals surface area contributed by atoms with Gasteiger partial charge in [-0.1, -0.05) is 0 Å². The quantitative estimate of drug-likeness (QED) is 0.796. The van der Waals surface area contributed by atoms with Crippen LogP contribution in [-0.2, 0) is 0 Å². The monoisotopic (exact) mass is 266 g/mol. The molecule has 15 heavy (non-hydrogen) atoms. The lowest BCUT2D eigenvalue weighted by molar-refractivity contribution is 0.795. The number of hydrogen-bond acceptors (Lipinski definition) is 3. The van der Waals surface area contributed by atoms with Gasteiger partial charge in [-0.15, -0.1) is 0 Å². The minimum Gasteiger partial charge on any atom is -0.243 e. The molecule has 78 valence electrons. The predicted octanol–water partition coefficient (Wildman–Crippen LogP) is 2.35. The van der Waals surface area contributed by atoms with Crippen molar-refractivity contribution in [2.45, 2.75) is 20.8 Å². The van der Waals surface area contributed by atoms with Crippen LogP contribution in [0.5, 0.6) is 0 Å². The van der Waals surface area contributed by atoms with E-state index in [9.17, 15) is 0 Å². The molecule has 4 nitrogen and oxygen atoms in total. The van der Waals surface area contributed by atoms with E-state index in [1.54, 1.807) is 6.20 Å². The van der Waals surface area contributed by atoms with Gasteiger partial charge in [0.1, 0.15) is 6.33 Å². The molecule has 2 aromatic heterocycles. The first-order valence-corrected chi connectivity index (χ1v) is 5.39. The van der Waals surface area contributed by atoms with Gasteiger partial charge in [-0.3, -0.25) is 0 Å². The van der Waals surface area contributed by atoms with E-state index in [0.717, 1.165) is 21.7 Å². The van der Waals surface area contributed by atoms with Crippen molar-refractivity contribution in [1.82, 2.24) is 19.7 Å². The Morgan fingerprint density at radius 1 is 1.27 bits per heavy atom. The van der Waals surface area contributed by atoms with E-state index in [4.69, 9.17) is 0 Å². The molecule has 0 saturated carbocycles. The summed E-state index contributed by atoms with van der Waals surface area (Å²) < 4.78 is 2.67. The van der Waals surface area contributed by atoms with Crippen LogP contribution < -0.4 is 0 Å². The number of nitrogens with zero attached hydrogens (tertiary/aromatic N) is 4. The predicted molar refractivity (Wildman–Crippen MR) is 61.1 cm³/mol. The third-order valence-electron chi connectivity index (χ3n) is 2.50. The fraction of sp³-hybridized carbons (Fsp3) is 0.300. The fourth-order valence-electron chi connectivity index (χ4n) is 1.39. The van der Waals surface area contributed by atoms with Gasteiger partial charge in [0.15, 0.2) is 5.82 Å². The summed E-state index contributed by atoms with van der Waals surface area (Å²) in [5, 5.41) is 4.44. The topological polar surface area (TPSA) is 43.6 Å². The van der Waals surface area contributed by atoms with Crippen LogP contribution in [0, 0.1) is 20.8 Å². The number of hydrogen-bond donors (Lipinski definition) is 0. The molecule has 2 rings (SSSR count). The summed E-state index contributed by atoms with van der Waals surface area (Å²) in [6, 6.07) is 0. The zero-order valence-corrected chi connectivity index (χ0v) is 10.4. The molecular weight excluding hydrogens is 256 g/mol. The highest BCUT2D eigenvalue weighted by Gasteiger charge is 2.11. The maximum Gasteiger partial charge on any atom is 0.171 e. The van der Waals surface area contributed by atoms with Gasteiger partial charge >= 0.3 is 0 Å². The van der Waals surface area contributed by atoms with Crippen molar-refractivity contribution in [3.63, 3.8) is 0 Å². The normalized spacial score (nSPS) is 10.7. The van der Waals surface area contributed by atoms with E-state index >= 15 is 0 Å². The van der Waals surface area contributed by atoms with Crippen LogP contribution in [0.15, 0.2) is 17.0 Å². The van der Waals surface area contributed by atoms with Gasteiger partial charge in [0.05, 0.1) is 10.2 Å². The Kier molecular flexibility index (Phi) is 2.56. The maximum absolute atomic E-state index is 4.44. The van der Waals surface area contributed by atoms with Gasteiger partial charge in [0.2, 0.25) is 0 Å². The van der Waals surface area contributed by atoms with Crippen LogP contribution in [0.4, 0.5) is 0 Å². The third kappa shape index (κ3) is 1.67. The molecule has 0 aromatic carbocycles. The second-order valence-corrected chi connectivity index (χ2v) is 4.26. The van der Waals surface area contributed by atoms with E-state index in [0.29, 0.717) is 0 Å². The second kappa shape index (κ2) is 3.73. The highest BCUT2D eigenvalue weighted by atomic mass is 79.9. The summed E-state index contributed by atoms with van der Waals surface area (Å²) in [4.78, 5) is 8.14. The van der Waals surface area contributed by atoms with Crippen LogP contribution in [0.25, 0.3) is 5.82 Å². The summed E-state index contributed by atoms with van der Waals surface area (Å²) in [6.07, 6.45) is 3.24. The first kappa shape index (κ1) is 10.3. The zero-order chi connectivity index (χ0) is 11.0. The Morgan fingerprint density at radius 3 is 2.53 bits per heavy atom. The van der Waals surface area contributed by atoms with Crippen molar-refractivity contribution in [3.8, 4) is 5.82 Å². The number of halogens is 1. The van der Waals surface area contributed by atoms with Crippen molar-refractivity contribution in [2.75, 3.05) is 0 Å². The first-order valence-electron chi connectivity index (χ1n) is 4.60. The molecule has 5 heteroatoms. The SMILES string of the molecule is Cc1nn(-c2ncncc2Br)c(C)c1C. The van der Waals surface area contributed by atoms with Crippen LogP contribution in [0.1, 0.15) is 17.0 Å². The van der Waals surface area contributed by atoms with E-state index in [1.807, 2.05) is 18.5 Å². The van der Waals surface area contributed by atoms with Gasteiger partial charge < -0.3 is 0 Å². The Morgan fingerprint density at radius 2 is 2.00 bits per heavy atom. The van der Waals surface area contributed by atoms with Crippen molar-refractivity contribution >= 4 is 15.9 Å². The average molecular weight is 267 g/mol. The van der Waals surface area contributed by atoms with E-state index in [-0.39, 0.29) is 0 Å². The lowest BCUT2D eigenvalue weighted by atomic mass is 10.2. The van der Waals surface area contributed by atoms with Crippen molar-refractivity contribution < 1.29 is 0 Å². The van der Waals surface area contributed by atoms with Crippen LogP contribution >= 0.6 is 15.9 Å². The second-order valence-electron chi connectivity index (χ2n) is 3.40. The molecular formula is C10H11BrN4. The Bertz CT molecular complexity index is 504. The molecule has 0 unspecified atom stereocenters. The molecule has 0 aliphatic heterocycles. The molecule has 0 N–H and O–H groups in total. The average Bonchev–Trinajstić information content (AvgIpc) is 2.47. The molecule has 0 radical (unpaired) electrons. The van der Waals surface area contributed by atoms with E-state index in [2.05, 4.69) is 37.9 Å². The largest absolute Gasteiger partial charge is 0.243 e. The lowest BCUT2D eigenvalue weighted by Gasteiger charge is -2.04. The van der Waals surface area contributed by atoms with Crippen molar-refractivity contribution in [3.05, 3.63) is 33.9 Å². The van der Waals surface area contributed by atoms with Gasteiger partial charge in [-0.05, 0) is 42.3 Å². The highest BCUT2D eigenvalue weighted by molar-refractivity contribution is 9.10. The molecule has 0 saturated heterocycles. The van der Waals surface area contributed by atoms with Crippen LogP contribution in [-0.4, -0.2) is 19.7 Å². The molecule has 0 spiro atoms. The summed E-state index contributed by atoms with van der Waals surface area (Å²) >= 11 is 3.42. The molecule has 2 aromatic rings. The van der Waals surface area contributed by atoms with Crippen LogP contribution in [0.3, 0.4) is 0 Å². The smallest absolute Gasteiger partial charge is 0.171 e. The summed E-state index contributed by atoms with van der Waals surface area (Å²) in [6.45, 7) is 6.08. The van der Waals surface area contributed by atoms with Crippen LogP contribution in [0.2, 0.25) is 0 Å². The Labute approximate surface area is 96.5 Å². The van der Waals surface area contributed by atoms with Crippen molar-refractivity contribution in [2.24, 2.45) is 0 Å². The minimum absolute atomic E-state index is 0.777. The number of aromatic nitrogens is 4. The lowest BCUT2D eigenvalue weighted by Crippen LogP contribution is -2.03. The van der Waals surface area contributed by atoms with Gasteiger partial charge in [-0.25, -0.2) is 14.6 Å². The molecule has 2 heterocycles. The van der Waals surface area contributed by atoms with Gasteiger partial charge in [-0.2, -0.15) is 5.10 Å². The van der Waals surface area contributed by atoms with Crippen molar-refractivity contribution in [1.29, 1.82) is 0 Å². The highest BCUT2D eigenvalue weighted by Crippen LogP contribution is 2.20. The van der Waals surface area contributed by atoms with Gasteiger partial charge in [0, 0.05) is 11.9 Å². The molecule has 0 fully saturated rings. The first-order chi connectivity index (χ1) is 7.11. The molecule has 0 aliphatic rings. The standard InChI is InChI=1S/C10H11BrN4/c1-6-7(2)14-15(8(6)3)10-9(11)4-12-5-13-10/h4-5H,1-3H3. The van der Waals surface area contributed by atoms with E-state index in [1.165, 1.54) is 11.9 Å². The van der Waals surface area contributed by atoms with Gasteiger partial charge in [0.25, 0.3) is 0 Å². The molecule has 0 amide bonds. The van der Waals surface area contributed by atoms with E-state index < -0.39 is 0 Å². The Hall–Kier alpha value is -1.23. The third-order valence-corrected chi connectivity index (χ3v) is 3.06. The summed E-state index contributed by atoms with van der Waals surface area (Å²) in [5.41, 5.74) is 3.32. The number of rotatable bonds is 1. The minimum atomic E-state index is 0.777. The zero-order valence-electron chi connectivity index (χ0n) is 8.82. The summed E-state index contributed by atoms with van der Waals surface area (Å²) in [5.74, 6) is 0.777. The molecule has 0 bridgehead atoms. The molecule has 0 aliphatic carbocycles. The number of aryl methyl sites for hydroxylation is 1. The Balaban J connectivity index is 2.65. The summed E-state index contributed by atoms with van der Waals surface area (Å²) in [7, 11) is 0. The molecule has 0 atom stereocenters. The maximum atomic E-state index is 4.44. The fourth-order valence-corrected chi connectivity index (χ4v) is 1.78.